The number of carbonyl (C=O) groups is 1. The summed E-state index contributed by atoms with van der Waals surface area (Å²) in [7, 11) is 1.69. The number of ether oxygens (including phenoxy) is 2. The van der Waals surface area contributed by atoms with Crippen LogP contribution in [0.1, 0.15) is 22.6 Å². The van der Waals surface area contributed by atoms with Crippen molar-refractivity contribution < 1.29 is 14.3 Å². The summed E-state index contributed by atoms with van der Waals surface area (Å²) in [6.45, 7) is 3.28. The van der Waals surface area contributed by atoms with Gasteiger partial charge in [-0.15, -0.1) is 11.3 Å². The number of thiazole rings is 1. The van der Waals surface area contributed by atoms with Crippen molar-refractivity contribution in [3.05, 3.63) is 23.0 Å². The molecule has 2 aromatic rings. The van der Waals surface area contributed by atoms with Crippen molar-refractivity contribution in [2.75, 3.05) is 20.3 Å². The summed E-state index contributed by atoms with van der Waals surface area (Å²) < 4.78 is 12.9. The molecule has 2 aromatic heterocycles. The number of amides is 1. The third-order valence-corrected chi connectivity index (χ3v) is 5.59. The first kappa shape index (κ1) is 14.2. The number of methoxy groups -OCH3 is 1. The lowest BCUT2D eigenvalue weighted by molar-refractivity contribution is -0.0810. The van der Waals surface area contributed by atoms with E-state index in [0.717, 1.165) is 23.7 Å². The van der Waals surface area contributed by atoms with Gasteiger partial charge >= 0.3 is 0 Å². The first-order valence-corrected chi connectivity index (χ1v) is 8.42. The van der Waals surface area contributed by atoms with Crippen LogP contribution in [0, 0.1) is 18.8 Å². The molecule has 0 radical (unpaired) electrons. The molecule has 3 heterocycles. The largest absolute Gasteiger partial charge is 0.384 e. The zero-order valence-electron chi connectivity index (χ0n) is 12.6. The Bertz CT molecular complexity index is 710. The van der Waals surface area contributed by atoms with E-state index in [2.05, 4.69) is 10.3 Å². The average Bonchev–Trinajstić information content (AvgIpc) is 3.16. The second-order valence-electron chi connectivity index (χ2n) is 6.01. The van der Waals surface area contributed by atoms with E-state index in [-0.39, 0.29) is 24.0 Å². The van der Waals surface area contributed by atoms with Gasteiger partial charge in [0.15, 0.2) is 4.96 Å². The van der Waals surface area contributed by atoms with Crippen LogP contribution in [-0.2, 0) is 9.47 Å². The van der Waals surface area contributed by atoms with Gasteiger partial charge in [-0.2, -0.15) is 0 Å². The lowest BCUT2D eigenvalue weighted by Crippen LogP contribution is -2.62. The van der Waals surface area contributed by atoms with Gasteiger partial charge in [-0.05, 0) is 13.3 Å². The minimum atomic E-state index is -0.0557. The van der Waals surface area contributed by atoms with Gasteiger partial charge in [0, 0.05) is 43.2 Å². The normalized spacial score (nSPS) is 30.3. The Morgan fingerprint density at radius 2 is 2.50 bits per heavy atom. The van der Waals surface area contributed by atoms with Crippen LogP contribution in [0.2, 0.25) is 0 Å². The predicted octanol–water partition coefficient (Wildman–Crippen LogP) is 1.48. The number of hydrogen-bond donors (Lipinski definition) is 1. The van der Waals surface area contributed by atoms with Gasteiger partial charge in [-0.3, -0.25) is 9.20 Å². The van der Waals surface area contributed by atoms with E-state index < -0.39 is 0 Å². The number of aromatic nitrogens is 2. The molecule has 4 atom stereocenters. The van der Waals surface area contributed by atoms with Gasteiger partial charge in [-0.1, -0.05) is 0 Å². The summed E-state index contributed by atoms with van der Waals surface area (Å²) in [5.74, 6) is 0.600. The van der Waals surface area contributed by atoms with Gasteiger partial charge < -0.3 is 14.8 Å². The smallest absolute Gasteiger partial charge is 0.270 e. The highest BCUT2D eigenvalue weighted by Gasteiger charge is 2.54. The molecular formula is C15H19N3O3S. The van der Waals surface area contributed by atoms with E-state index in [1.165, 1.54) is 11.3 Å². The number of aryl methyl sites for hydroxylation is 1. The molecule has 1 N–H and O–H groups in total. The van der Waals surface area contributed by atoms with Gasteiger partial charge in [0.1, 0.15) is 5.69 Å². The van der Waals surface area contributed by atoms with Crippen molar-refractivity contribution in [1.29, 1.82) is 0 Å². The third-order valence-electron chi connectivity index (χ3n) is 4.84. The van der Waals surface area contributed by atoms with Gasteiger partial charge in [0.25, 0.3) is 5.91 Å². The van der Waals surface area contributed by atoms with Gasteiger partial charge in [0.2, 0.25) is 0 Å². The van der Waals surface area contributed by atoms with Gasteiger partial charge in [0.05, 0.1) is 18.4 Å². The predicted molar refractivity (Wildman–Crippen MR) is 82.3 cm³/mol. The highest BCUT2D eigenvalue weighted by Crippen LogP contribution is 2.43. The van der Waals surface area contributed by atoms with Crippen LogP contribution >= 0.6 is 11.3 Å². The minimum Gasteiger partial charge on any atom is -0.384 e. The molecule has 4 rings (SSSR count). The molecule has 2 fully saturated rings. The van der Waals surface area contributed by atoms with Crippen molar-refractivity contribution in [3.63, 3.8) is 0 Å². The minimum absolute atomic E-state index is 0.0557. The fourth-order valence-corrected chi connectivity index (χ4v) is 4.58. The highest BCUT2D eigenvalue weighted by molar-refractivity contribution is 7.15. The van der Waals surface area contributed by atoms with Crippen LogP contribution in [-0.4, -0.2) is 47.8 Å². The third kappa shape index (κ3) is 2.00. The average molecular weight is 321 g/mol. The monoisotopic (exact) mass is 321 g/mol. The van der Waals surface area contributed by atoms with Crippen molar-refractivity contribution in [2.45, 2.75) is 25.5 Å². The van der Waals surface area contributed by atoms with Crippen LogP contribution in [0.15, 0.2) is 11.6 Å². The molecule has 6 nitrogen and oxygen atoms in total. The van der Waals surface area contributed by atoms with Crippen LogP contribution < -0.4 is 5.32 Å². The Kier molecular flexibility index (Phi) is 3.43. The van der Waals surface area contributed by atoms with Crippen molar-refractivity contribution in [3.8, 4) is 0 Å². The summed E-state index contributed by atoms with van der Waals surface area (Å²) in [5, 5.41) is 5.13. The molecule has 0 unspecified atom stereocenters. The standard InChI is InChI=1S/C15H19N3O3S/c1-8-12(18-4-6-22-15(18)16-8)14(19)17-11-9-3-5-21-13(9)10(11)7-20-2/h4,6,9-11,13H,3,5,7H2,1-2H3,(H,17,19)/t9-,10+,11-,13-/m0/s1. The summed E-state index contributed by atoms with van der Waals surface area (Å²) in [5.41, 5.74) is 1.40. The van der Waals surface area contributed by atoms with E-state index in [1.54, 1.807) is 7.11 Å². The Hall–Kier alpha value is -1.44. The van der Waals surface area contributed by atoms with Crippen molar-refractivity contribution in [1.82, 2.24) is 14.7 Å². The fourth-order valence-electron chi connectivity index (χ4n) is 3.82. The van der Waals surface area contributed by atoms with Gasteiger partial charge in [-0.25, -0.2) is 4.98 Å². The zero-order chi connectivity index (χ0) is 15.3. The molecule has 1 amide bonds. The topological polar surface area (TPSA) is 64.9 Å². The number of nitrogens with zero attached hydrogens (tertiary/aromatic N) is 2. The number of carbonyl (C=O) groups excluding carboxylic acids is 1. The lowest BCUT2D eigenvalue weighted by atomic mass is 9.67. The van der Waals surface area contributed by atoms with Crippen LogP contribution in [0.3, 0.4) is 0 Å². The summed E-state index contributed by atoms with van der Waals surface area (Å²) in [6.07, 6.45) is 3.14. The molecule has 7 heteroatoms. The van der Waals surface area contributed by atoms with Crippen LogP contribution in [0.5, 0.6) is 0 Å². The molecule has 1 saturated carbocycles. The molecule has 118 valence electrons. The molecule has 2 aliphatic rings. The maximum atomic E-state index is 12.7. The van der Waals surface area contributed by atoms with E-state index >= 15 is 0 Å². The lowest BCUT2D eigenvalue weighted by Gasteiger charge is -2.47. The second kappa shape index (κ2) is 5.33. The summed E-state index contributed by atoms with van der Waals surface area (Å²) >= 11 is 1.53. The first-order valence-electron chi connectivity index (χ1n) is 7.54. The Balaban J connectivity index is 1.56. The second-order valence-corrected chi connectivity index (χ2v) is 6.88. The van der Waals surface area contributed by atoms with Crippen LogP contribution in [0.4, 0.5) is 0 Å². The number of hydrogen-bond acceptors (Lipinski definition) is 5. The number of fused-ring (bicyclic) bond motifs is 2. The molecule has 1 saturated heterocycles. The van der Waals surface area contributed by atoms with E-state index in [9.17, 15) is 4.79 Å². The van der Waals surface area contributed by atoms with Crippen molar-refractivity contribution >= 4 is 22.2 Å². The molecule has 22 heavy (non-hydrogen) atoms. The molecule has 1 aliphatic carbocycles. The van der Waals surface area contributed by atoms with Crippen molar-refractivity contribution in [2.24, 2.45) is 11.8 Å². The quantitative estimate of drug-likeness (QED) is 0.926. The maximum absolute atomic E-state index is 12.7. The van der Waals surface area contributed by atoms with Crippen LogP contribution in [0.25, 0.3) is 4.96 Å². The summed E-state index contributed by atoms with van der Waals surface area (Å²) in [6, 6.07) is 0.128. The SMILES string of the molecule is COC[C@@H]1[C@@H](NC(=O)c2c(C)nc3sccn23)[C@@H]2CCO[C@H]12. The molecule has 0 bridgehead atoms. The van der Waals surface area contributed by atoms with E-state index in [4.69, 9.17) is 9.47 Å². The molecular weight excluding hydrogens is 302 g/mol. The fraction of sp³-hybridized carbons (Fsp3) is 0.600. The van der Waals surface area contributed by atoms with E-state index in [0.29, 0.717) is 18.2 Å². The Morgan fingerprint density at radius 1 is 1.64 bits per heavy atom. The number of rotatable bonds is 4. The number of imidazole rings is 1. The Morgan fingerprint density at radius 3 is 3.32 bits per heavy atom. The maximum Gasteiger partial charge on any atom is 0.270 e. The Labute approximate surface area is 132 Å². The summed E-state index contributed by atoms with van der Waals surface area (Å²) in [4.78, 5) is 18.0. The van der Waals surface area contributed by atoms with E-state index in [1.807, 2.05) is 22.9 Å². The number of nitrogens with one attached hydrogen (secondary N) is 1. The first-order chi connectivity index (χ1) is 10.7. The zero-order valence-corrected chi connectivity index (χ0v) is 13.4. The highest BCUT2D eigenvalue weighted by atomic mass is 32.1. The molecule has 1 aliphatic heterocycles. The molecule has 0 spiro atoms. The molecule has 0 aromatic carbocycles.